The number of H-pyrrole nitrogens is 1. The van der Waals surface area contributed by atoms with Crippen LogP contribution in [0.2, 0.25) is 0 Å². The van der Waals surface area contributed by atoms with E-state index in [2.05, 4.69) is 33.9 Å². The molecule has 1 aromatic heterocycles. The molecular weight excluding hydrogens is 392 g/mol. The Morgan fingerprint density at radius 1 is 1.10 bits per heavy atom. The zero-order valence-electron chi connectivity index (χ0n) is 17.7. The van der Waals surface area contributed by atoms with Crippen molar-refractivity contribution in [3.05, 3.63) is 70.9 Å². The second-order valence-corrected chi connectivity index (χ2v) is 7.50. The molecule has 2 amide bonds. The molecule has 162 valence electrons. The number of benzene rings is 2. The Morgan fingerprint density at radius 2 is 1.81 bits per heavy atom. The molecule has 1 atom stereocenters. The van der Waals surface area contributed by atoms with Gasteiger partial charge in [-0.3, -0.25) is 15.0 Å². The molecular formula is C23H28N6O2. The van der Waals surface area contributed by atoms with Crippen LogP contribution in [0.25, 0.3) is 10.9 Å². The van der Waals surface area contributed by atoms with Crippen LogP contribution in [-0.2, 0) is 22.7 Å². The normalized spacial score (nSPS) is 11.8. The summed E-state index contributed by atoms with van der Waals surface area (Å²) in [5, 5.41) is 17.2. The number of aromatic amines is 1. The zero-order valence-corrected chi connectivity index (χ0v) is 17.7. The zero-order chi connectivity index (χ0) is 22.4. The van der Waals surface area contributed by atoms with E-state index in [4.69, 9.17) is 11.1 Å². The van der Waals surface area contributed by atoms with Gasteiger partial charge in [-0.25, -0.2) is 0 Å². The largest absolute Gasteiger partial charge is 0.384 e. The van der Waals surface area contributed by atoms with Crippen molar-refractivity contribution in [3.63, 3.8) is 0 Å². The number of fused-ring (bicyclic) bond motifs is 1. The maximum absolute atomic E-state index is 12.3. The van der Waals surface area contributed by atoms with Gasteiger partial charge in [0.25, 0.3) is 0 Å². The van der Waals surface area contributed by atoms with Crippen LogP contribution in [0.15, 0.2) is 48.5 Å². The SMILES string of the molecule is Cc1c(CNCC(=O)N[C@@H](C)C(=O)NCc2ccc(C(=N)N)cc2)[nH]c2ccccc12. The van der Waals surface area contributed by atoms with E-state index in [9.17, 15) is 9.59 Å². The van der Waals surface area contributed by atoms with Crippen molar-refractivity contribution in [3.8, 4) is 0 Å². The smallest absolute Gasteiger partial charge is 0.242 e. The number of aromatic nitrogens is 1. The lowest BCUT2D eigenvalue weighted by Crippen LogP contribution is -2.47. The molecule has 0 saturated carbocycles. The summed E-state index contributed by atoms with van der Waals surface area (Å²) in [7, 11) is 0. The van der Waals surface area contributed by atoms with Gasteiger partial charge in [0.05, 0.1) is 6.54 Å². The molecule has 0 bridgehead atoms. The number of amides is 2. The highest BCUT2D eigenvalue weighted by molar-refractivity contribution is 5.95. The standard InChI is InChI=1S/C23H28N6O2/c1-14-18-5-3-4-6-19(18)29-20(14)12-26-13-21(30)28-15(2)23(31)27-11-16-7-9-17(10-8-16)22(24)25/h3-10,15,26,29H,11-13H2,1-2H3,(H3,24,25)(H,27,31)(H,28,30)/t15-/m0/s1. The molecule has 8 heteroatoms. The van der Waals surface area contributed by atoms with Crippen LogP contribution < -0.4 is 21.7 Å². The fourth-order valence-electron chi connectivity index (χ4n) is 3.32. The van der Waals surface area contributed by atoms with Gasteiger partial charge in [0.2, 0.25) is 11.8 Å². The van der Waals surface area contributed by atoms with Gasteiger partial charge in [-0.15, -0.1) is 0 Å². The third kappa shape index (κ3) is 5.70. The van der Waals surface area contributed by atoms with E-state index in [0.717, 1.165) is 22.3 Å². The number of para-hydroxylation sites is 1. The predicted molar refractivity (Wildman–Crippen MR) is 122 cm³/mol. The van der Waals surface area contributed by atoms with Gasteiger partial charge in [-0.05, 0) is 31.0 Å². The van der Waals surface area contributed by atoms with Gasteiger partial charge < -0.3 is 26.7 Å². The van der Waals surface area contributed by atoms with Gasteiger partial charge in [0, 0.05) is 35.2 Å². The van der Waals surface area contributed by atoms with Crippen molar-refractivity contribution in [2.45, 2.75) is 33.0 Å². The topological polar surface area (TPSA) is 136 Å². The van der Waals surface area contributed by atoms with Crippen molar-refractivity contribution in [2.24, 2.45) is 5.73 Å². The Balaban J connectivity index is 1.41. The van der Waals surface area contributed by atoms with E-state index in [1.807, 2.05) is 18.2 Å². The Bertz CT molecular complexity index is 1090. The maximum Gasteiger partial charge on any atom is 0.242 e. The van der Waals surface area contributed by atoms with Gasteiger partial charge >= 0.3 is 0 Å². The minimum atomic E-state index is -0.652. The lowest BCUT2D eigenvalue weighted by Gasteiger charge is -2.14. The van der Waals surface area contributed by atoms with Crippen LogP contribution in [0.1, 0.15) is 29.3 Å². The third-order valence-corrected chi connectivity index (χ3v) is 5.16. The molecule has 8 nitrogen and oxygen atoms in total. The molecule has 0 saturated heterocycles. The number of nitrogen functional groups attached to an aromatic ring is 1. The number of nitrogens with two attached hydrogens (primary N) is 1. The molecule has 0 aliphatic rings. The van der Waals surface area contributed by atoms with Crippen LogP contribution in [0.5, 0.6) is 0 Å². The highest BCUT2D eigenvalue weighted by Crippen LogP contribution is 2.20. The fraction of sp³-hybridized carbons (Fsp3) is 0.261. The minimum Gasteiger partial charge on any atom is -0.384 e. The summed E-state index contributed by atoms with van der Waals surface area (Å²) in [4.78, 5) is 27.8. The second-order valence-electron chi connectivity index (χ2n) is 7.50. The average molecular weight is 421 g/mol. The predicted octanol–water partition coefficient (Wildman–Crippen LogP) is 1.67. The van der Waals surface area contributed by atoms with Crippen LogP contribution in [-0.4, -0.2) is 35.2 Å². The number of hydrogen-bond donors (Lipinski definition) is 6. The van der Waals surface area contributed by atoms with Gasteiger partial charge in [-0.2, -0.15) is 0 Å². The highest BCUT2D eigenvalue weighted by atomic mass is 16.2. The van der Waals surface area contributed by atoms with Gasteiger partial charge in [0.1, 0.15) is 11.9 Å². The number of hydrogen-bond acceptors (Lipinski definition) is 4. The molecule has 31 heavy (non-hydrogen) atoms. The van der Waals surface area contributed by atoms with Crippen LogP contribution in [0.3, 0.4) is 0 Å². The number of amidine groups is 1. The molecule has 1 heterocycles. The molecule has 0 aliphatic carbocycles. The molecule has 0 unspecified atom stereocenters. The first kappa shape index (κ1) is 22.0. The molecule has 2 aromatic carbocycles. The Morgan fingerprint density at radius 3 is 2.48 bits per heavy atom. The molecule has 7 N–H and O–H groups in total. The Hall–Kier alpha value is -3.65. The maximum atomic E-state index is 12.3. The summed E-state index contributed by atoms with van der Waals surface area (Å²) in [6.45, 7) is 4.67. The van der Waals surface area contributed by atoms with E-state index in [0.29, 0.717) is 18.7 Å². The number of carbonyl (C=O) groups excluding carboxylic acids is 2. The molecule has 0 aliphatic heterocycles. The molecule has 0 fully saturated rings. The van der Waals surface area contributed by atoms with Crippen molar-refractivity contribution >= 4 is 28.6 Å². The number of nitrogens with one attached hydrogen (secondary N) is 5. The molecule has 3 aromatic rings. The Kier molecular flexibility index (Phi) is 7.04. The summed E-state index contributed by atoms with van der Waals surface area (Å²) < 4.78 is 0. The Labute approximate surface area is 181 Å². The van der Waals surface area contributed by atoms with E-state index < -0.39 is 6.04 Å². The van der Waals surface area contributed by atoms with Crippen molar-refractivity contribution in [2.75, 3.05) is 6.54 Å². The monoisotopic (exact) mass is 420 g/mol. The van der Waals surface area contributed by atoms with Gasteiger partial charge in [0.15, 0.2) is 0 Å². The van der Waals surface area contributed by atoms with Crippen LogP contribution in [0, 0.1) is 12.3 Å². The number of rotatable bonds is 9. The first-order chi connectivity index (χ1) is 14.8. The summed E-state index contributed by atoms with van der Waals surface area (Å²) in [5.74, 6) is -0.516. The van der Waals surface area contributed by atoms with Crippen molar-refractivity contribution in [1.29, 1.82) is 5.41 Å². The van der Waals surface area contributed by atoms with Crippen molar-refractivity contribution in [1.82, 2.24) is 20.9 Å². The lowest BCUT2D eigenvalue weighted by molar-refractivity contribution is -0.128. The quantitative estimate of drug-likeness (QED) is 0.232. The summed E-state index contributed by atoms with van der Waals surface area (Å²) in [6.07, 6.45) is 0. The average Bonchev–Trinajstić information content (AvgIpc) is 3.08. The number of aryl methyl sites for hydroxylation is 1. The minimum absolute atomic E-state index is 0.000214. The summed E-state index contributed by atoms with van der Waals surface area (Å²) in [5.41, 5.74) is 10.2. The fourth-order valence-corrected chi connectivity index (χ4v) is 3.32. The first-order valence-corrected chi connectivity index (χ1v) is 10.1. The van der Waals surface area contributed by atoms with Crippen LogP contribution >= 0.6 is 0 Å². The lowest BCUT2D eigenvalue weighted by atomic mass is 10.1. The van der Waals surface area contributed by atoms with Crippen LogP contribution in [0.4, 0.5) is 0 Å². The van der Waals surface area contributed by atoms with E-state index in [1.165, 1.54) is 5.39 Å². The molecule has 0 radical (unpaired) electrons. The third-order valence-electron chi connectivity index (χ3n) is 5.16. The van der Waals surface area contributed by atoms with E-state index in [-0.39, 0.29) is 24.2 Å². The van der Waals surface area contributed by atoms with E-state index in [1.54, 1.807) is 31.2 Å². The van der Waals surface area contributed by atoms with E-state index >= 15 is 0 Å². The number of carbonyl (C=O) groups is 2. The second kappa shape index (κ2) is 9.90. The summed E-state index contributed by atoms with van der Waals surface area (Å²) >= 11 is 0. The first-order valence-electron chi connectivity index (χ1n) is 10.1. The molecule has 3 rings (SSSR count). The molecule has 0 spiro atoms. The van der Waals surface area contributed by atoms with Gasteiger partial charge in [-0.1, -0.05) is 42.5 Å². The van der Waals surface area contributed by atoms with Crippen molar-refractivity contribution < 1.29 is 9.59 Å². The highest BCUT2D eigenvalue weighted by Gasteiger charge is 2.15. The summed E-state index contributed by atoms with van der Waals surface area (Å²) in [6, 6.07) is 14.5.